The van der Waals surface area contributed by atoms with Crippen LogP contribution in [0.2, 0.25) is 0 Å². The molecule has 2 aliphatic heterocycles. The minimum Gasteiger partial charge on any atom is -0.614 e. The highest BCUT2D eigenvalue weighted by Crippen LogP contribution is 2.48. The maximum absolute atomic E-state index is 15.5. The number of quaternary nitrogens is 1. The number of methoxy groups -OCH3 is 1. The lowest BCUT2D eigenvalue weighted by molar-refractivity contribution is -0.666. The molecule has 0 radical (unpaired) electrons. The Hall–Kier alpha value is -3.98. The lowest BCUT2D eigenvalue weighted by Crippen LogP contribution is -2.48. The minimum absolute atomic E-state index is 0.144. The van der Waals surface area contributed by atoms with Crippen LogP contribution in [0.1, 0.15) is 44.5 Å². The van der Waals surface area contributed by atoms with Crippen molar-refractivity contribution in [3.63, 3.8) is 0 Å². The third-order valence-corrected chi connectivity index (χ3v) is 7.43. The first-order chi connectivity index (χ1) is 19.5. The fraction of sp³-hybridized carbons (Fsp3) is 0.303. The summed E-state index contributed by atoms with van der Waals surface area (Å²) in [7, 11) is 3.58. The number of nitrogens with zero attached hydrogens (tertiary/aromatic N) is 5. The standard InChI is InChI=1S/C33H36FN5O2/c1-22-28(19-23-12-7-8-16-27(23)34)36-32-37-31(33(2,3)4)29(21-38(5)20-25-14-9-10-17-35-25)39(32,40)30(22)24-13-11-15-26(18-24)41-6/h7-18H,19-21H2,1-6H3. The molecule has 212 valence electrons. The molecule has 7 nitrogen and oxygen atoms in total. The van der Waals surface area contributed by atoms with Gasteiger partial charge in [-0.2, -0.15) is 9.98 Å². The van der Waals surface area contributed by atoms with Gasteiger partial charge in [-0.25, -0.2) is 9.04 Å². The molecule has 41 heavy (non-hydrogen) atoms. The molecule has 0 saturated carbocycles. The first-order valence-electron chi connectivity index (χ1n) is 13.7. The minimum atomic E-state index is -0.904. The van der Waals surface area contributed by atoms with Gasteiger partial charge in [0.2, 0.25) is 0 Å². The van der Waals surface area contributed by atoms with E-state index in [2.05, 4.69) is 30.7 Å². The van der Waals surface area contributed by atoms with Gasteiger partial charge < -0.3 is 9.94 Å². The normalized spacial score (nSPS) is 19.0. The van der Waals surface area contributed by atoms with Gasteiger partial charge >= 0.3 is 5.96 Å². The zero-order chi connectivity index (χ0) is 29.4. The number of rotatable bonds is 8. The molecular formula is C33H36FN5O2. The Bertz CT molecular complexity index is 1590. The summed E-state index contributed by atoms with van der Waals surface area (Å²) in [5.74, 6) is 0.475. The van der Waals surface area contributed by atoms with Crippen molar-refractivity contribution in [3.05, 3.63) is 118 Å². The Kier molecular flexibility index (Phi) is 7.74. The van der Waals surface area contributed by atoms with Gasteiger partial charge in [0.15, 0.2) is 11.4 Å². The van der Waals surface area contributed by atoms with Crippen LogP contribution in [0.25, 0.3) is 5.70 Å². The molecule has 2 aromatic carbocycles. The van der Waals surface area contributed by atoms with Crippen molar-refractivity contribution in [2.45, 2.75) is 40.7 Å². The number of pyridine rings is 1. The first kappa shape index (κ1) is 28.5. The first-order valence-corrected chi connectivity index (χ1v) is 13.7. The number of aromatic nitrogens is 1. The number of fused-ring (bicyclic) bond motifs is 1. The summed E-state index contributed by atoms with van der Waals surface area (Å²) < 4.78 is 19.4. The van der Waals surface area contributed by atoms with Gasteiger partial charge in [-0.1, -0.05) is 51.1 Å². The Morgan fingerprint density at radius 2 is 1.73 bits per heavy atom. The zero-order valence-electron chi connectivity index (χ0n) is 24.5. The van der Waals surface area contributed by atoms with E-state index in [0.717, 1.165) is 5.69 Å². The molecule has 0 fully saturated rings. The van der Waals surface area contributed by atoms with E-state index in [-0.39, 0.29) is 18.2 Å². The van der Waals surface area contributed by atoms with Gasteiger partial charge in [-0.3, -0.25) is 9.88 Å². The summed E-state index contributed by atoms with van der Waals surface area (Å²) in [6.07, 6.45) is 2.01. The van der Waals surface area contributed by atoms with Gasteiger partial charge in [-0.15, -0.1) is 0 Å². The van der Waals surface area contributed by atoms with E-state index in [9.17, 15) is 4.39 Å². The van der Waals surface area contributed by atoms with Crippen LogP contribution in [-0.2, 0) is 13.0 Å². The predicted molar refractivity (Wildman–Crippen MR) is 161 cm³/mol. The monoisotopic (exact) mass is 553 g/mol. The summed E-state index contributed by atoms with van der Waals surface area (Å²) in [6, 6.07) is 20.0. The average Bonchev–Trinajstić information content (AvgIpc) is 3.22. The fourth-order valence-electron chi connectivity index (χ4n) is 5.43. The number of benzene rings is 2. The van der Waals surface area contributed by atoms with Crippen molar-refractivity contribution in [2.24, 2.45) is 15.4 Å². The molecule has 3 aromatic rings. The lowest BCUT2D eigenvalue weighted by atomic mass is 9.90. The number of hydrogen-bond donors (Lipinski definition) is 0. The maximum atomic E-state index is 15.5. The number of hydroxylamine groups is 3. The Morgan fingerprint density at radius 3 is 2.41 bits per heavy atom. The summed E-state index contributed by atoms with van der Waals surface area (Å²) in [4.78, 5) is 16.3. The quantitative estimate of drug-likeness (QED) is 0.229. The third kappa shape index (κ3) is 5.51. The molecular weight excluding hydrogens is 517 g/mol. The van der Waals surface area contributed by atoms with Crippen molar-refractivity contribution in [1.29, 1.82) is 0 Å². The molecule has 1 aromatic heterocycles. The highest BCUT2D eigenvalue weighted by molar-refractivity contribution is 6.14. The van der Waals surface area contributed by atoms with Crippen LogP contribution >= 0.6 is 0 Å². The molecule has 0 amide bonds. The van der Waals surface area contributed by atoms with E-state index in [1.165, 1.54) is 6.07 Å². The smallest absolute Gasteiger partial charge is 0.339 e. The highest BCUT2D eigenvalue weighted by Gasteiger charge is 2.49. The molecule has 0 N–H and O–H groups in total. The van der Waals surface area contributed by atoms with Crippen LogP contribution in [0.15, 0.2) is 99.9 Å². The molecule has 1 atom stereocenters. The van der Waals surface area contributed by atoms with E-state index in [0.29, 0.717) is 58.3 Å². The van der Waals surface area contributed by atoms with Crippen LogP contribution < -0.4 is 4.74 Å². The van der Waals surface area contributed by atoms with E-state index in [4.69, 9.17) is 14.7 Å². The van der Waals surface area contributed by atoms with Gasteiger partial charge in [0.05, 0.1) is 25.1 Å². The second-order valence-electron chi connectivity index (χ2n) is 11.6. The largest absolute Gasteiger partial charge is 0.614 e. The third-order valence-electron chi connectivity index (χ3n) is 7.43. The second kappa shape index (κ2) is 11.1. The highest BCUT2D eigenvalue weighted by atomic mass is 19.1. The molecule has 5 rings (SSSR count). The number of ether oxygens (including phenoxy) is 1. The van der Waals surface area contributed by atoms with Crippen molar-refractivity contribution >= 4 is 17.4 Å². The molecule has 8 heteroatoms. The van der Waals surface area contributed by atoms with Gasteiger partial charge in [0, 0.05) is 35.7 Å². The predicted octanol–water partition coefficient (Wildman–Crippen LogP) is 6.73. The van der Waals surface area contributed by atoms with Crippen LogP contribution in [0.5, 0.6) is 5.75 Å². The molecule has 3 heterocycles. The van der Waals surface area contributed by atoms with Crippen molar-refractivity contribution < 1.29 is 13.8 Å². The average molecular weight is 554 g/mol. The summed E-state index contributed by atoms with van der Waals surface area (Å²) >= 11 is 0. The number of hydrogen-bond acceptors (Lipinski definition) is 6. The SMILES string of the molecule is COc1cccc(C2=C(C)C(Cc3ccccc3F)=NC3=NC(C(C)(C)C)=C(CN(C)Cc4ccccn4)[N+]32[O-])c1. The fourth-order valence-corrected chi connectivity index (χ4v) is 5.43. The zero-order valence-corrected chi connectivity index (χ0v) is 24.5. The summed E-state index contributed by atoms with van der Waals surface area (Å²) in [5, 5.41) is 15.5. The lowest BCUT2D eigenvalue weighted by Gasteiger charge is -2.44. The molecule has 1 unspecified atom stereocenters. The Balaban J connectivity index is 1.67. The van der Waals surface area contributed by atoms with Crippen molar-refractivity contribution in [2.75, 3.05) is 20.7 Å². The molecule has 2 aliphatic rings. The molecule has 0 bridgehead atoms. The number of likely N-dealkylation sites (N-methyl/N-ethyl adjacent to an activating group) is 1. The second-order valence-corrected chi connectivity index (χ2v) is 11.6. The van der Waals surface area contributed by atoms with Crippen molar-refractivity contribution in [1.82, 2.24) is 9.88 Å². The summed E-state index contributed by atoms with van der Waals surface area (Å²) in [6.45, 7) is 8.99. The molecule has 0 spiro atoms. The van der Waals surface area contributed by atoms with Gasteiger partial charge in [0.1, 0.15) is 17.3 Å². The molecule has 0 saturated heterocycles. The van der Waals surface area contributed by atoms with Crippen LogP contribution in [0.4, 0.5) is 4.39 Å². The van der Waals surface area contributed by atoms with Gasteiger partial charge in [-0.05, 0) is 55.9 Å². The van der Waals surface area contributed by atoms with E-state index in [1.807, 2.05) is 56.4 Å². The Labute approximate surface area is 241 Å². The van der Waals surface area contributed by atoms with E-state index < -0.39 is 10.1 Å². The van der Waals surface area contributed by atoms with E-state index in [1.54, 1.807) is 31.5 Å². The number of allylic oxidation sites excluding steroid dienone is 2. The van der Waals surface area contributed by atoms with E-state index >= 15 is 5.21 Å². The molecule has 0 aliphatic carbocycles. The number of halogens is 1. The maximum Gasteiger partial charge on any atom is 0.339 e. The Morgan fingerprint density at radius 1 is 0.976 bits per heavy atom. The van der Waals surface area contributed by atoms with Crippen molar-refractivity contribution in [3.8, 4) is 5.75 Å². The van der Waals surface area contributed by atoms with Crippen LogP contribution in [0.3, 0.4) is 0 Å². The topological polar surface area (TPSA) is 73.1 Å². The van der Waals surface area contributed by atoms with Crippen LogP contribution in [-0.4, -0.2) is 46.9 Å². The number of aliphatic imine (C=N–C) groups is 2. The number of guanidine groups is 1. The summed E-state index contributed by atoms with van der Waals surface area (Å²) in [5.41, 5.74) is 4.87. The van der Waals surface area contributed by atoms with Crippen LogP contribution in [0, 0.1) is 16.4 Å². The van der Waals surface area contributed by atoms with Gasteiger partial charge in [0.25, 0.3) is 0 Å².